The normalized spacial score (nSPS) is 10.9. The Hall–Kier alpha value is -0.900. The molecule has 0 radical (unpaired) electrons. The van der Waals surface area contributed by atoms with Crippen LogP contribution < -0.4 is 0 Å². The quantitative estimate of drug-likeness (QED) is 0.678. The first-order valence-electron chi connectivity index (χ1n) is 3.47. The Morgan fingerprint density at radius 2 is 2.33 bits per heavy atom. The first-order valence-corrected chi connectivity index (χ1v) is 4.26. The van der Waals surface area contributed by atoms with Crippen LogP contribution in [0.4, 0.5) is 4.39 Å². The third-order valence-corrected chi connectivity index (χ3v) is 2.34. The van der Waals surface area contributed by atoms with E-state index in [1.165, 1.54) is 6.20 Å². The van der Waals surface area contributed by atoms with Crippen LogP contribution in [0.2, 0.25) is 0 Å². The Balaban J connectivity index is 2.87. The molecule has 0 saturated carbocycles. The van der Waals surface area contributed by atoms with Crippen LogP contribution in [0, 0.1) is 12.7 Å². The summed E-state index contributed by atoms with van der Waals surface area (Å²) >= 11 is 3.10. The third kappa shape index (κ3) is 1.03. The van der Waals surface area contributed by atoms with E-state index in [1.54, 1.807) is 16.7 Å². The van der Waals surface area contributed by atoms with Crippen molar-refractivity contribution >= 4 is 21.6 Å². The molecule has 12 heavy (non-hydrogen) atoms. The van der Waals surface area contributed by atoms with Gasteiger partial charge in [0, 0.05) is 18.1 Å². The highest BCUT2D eigenvalue weighted by Gasteiger charge is 2.03. The topological polar surface area (TPSA) is 17.3 Å². The summed E-state index contributed by atoms with van der Waals surface area (Å²) in [7, 11) is 0. The zero-order chi connectivity index (χ0) is 8.72. The molecule has 2 nitrogen and oxygen atoms in total. The number of imidazole rings is 1. The van der Waals surface area contributed by atoms with Gasteiger partial charge in [-0.25, -0.2) is 9.37 Å². The van der Waals surface area contributed by atoms with Crippen molar-refractivity contribution in [3.63, 3.8) is 0 Å². The van der Waals surface area contributed by atoms with E-state index in [1.807, 2.05) is 6.92 Å². The van der Waals surface area contributed by atoms with Gasteiger partial charge in [-0.1, -0.05) is 0 Å². The van der Waals surface area contributed by atoms with Crippen molar-refractivity contribution in [1.82, 2.24) is 9.38 Å². The number of hydrogen-bond donors (Lipinski definition) is 0. The summed E-state index contributed by atoms with van der Waals surface area (Å²) in [4.78, 5) is 4.09. The van der Waals surface area contributed by atoms with Crippen molar-refractivity contribution in [3.8, 4) is 0 Å². The number of hydrogen-bond acceptors (Lipinski definition) is 1. The van der Waals surface area contributed by atoms with Crippen molar-refractivity contribution in [3.05, 3.63) is 34.4 Å². The minimum Gasteiger partial charge on any atom is -0.301 e. The van der Waals surface area contributed by atoms with E-state index in [9.17, 15) is 4.39 Å². The SMILES string of the molecule is Cc1cnc2cc(Br)c(F)cn12. The van der Waals surface area contributed by atoms with E-state index in [4.69, 9.17) is 0 Å². The first kappa shape index (κ1) is 7.73. The van der Waals surface area contributed by atoms with Gasteiger partial charge in [-0.3, -0.25) is 0 Å². The Morgan fingerprint density at radius 1 is 1.58 bits per heavy atom. The van der Waals surface area contributed by atoms with Gasteiger partial charge in [-0.2, -0.15) is 0 Å². The molecule has 0 N–H and O–H groups in total. The number of aromatic nitrogens is 2. The fraction of sp³-hybridized carbons (Fsp3) is 0.125. The van der Waals surface area contributed by atoms with Gasteiger partial charge in [0.25, 0.3) is 0 Å². The van der Waals surface area contributed by atoms with Crippen molar-refractivity contribution in [1.29, 1.82) is 0 Å². The first-order chi connectivity index (χ1) is 5.68. The molecule has 0 aliphatic heterocycles. The minimum atomic E-state index is -0.274. The standard InChI is InChI=1S/C8H6BrFN2/c1-5-3-11-8-2-6(9)7(10)4-12(5)8/h2-4H,1H3. The van der Waals surface area contributed by atoms with Gasteiger partial charge in [0.2, 0.25) is 0 Å². The van der Waals surface area contributed by atoms with E-state index < -0.39 is 0 Å². The van der Waals surface area contributed by atoms with Gasteiger partial charge >= 0.3 is 0 Å². The zero-order valence-electron chi connectivity index (χ0n) is 6.38. The van der Waals surface area contributed by atoms with Crippen molar-refractivity contribution < 1.29 is 4.39 Å². The molecular weight excluding hydrogens is 223 g/mol. The predicted octanol–water partition coefficient (Wildman–Crippen LogP) is 2.54. The molecule has 62 valence electrons. The highest BCUT2D eigenvalue weighted by atomic mass is 79.9. The Kier molecular flexibility index (Phi) is 1.65. The smallest absolute Gasteiger partial charge is 0.154 e. The molecule has 0 aromatic carbocycles. The van der Waals surface area contributed by atoms with Crippen molar-refractivity contribution in [2.45, 2.75) is 6.92 Å². The maximum absolute atomic E-state index is 13.0. The van der Waals surface area contributed by atoms with Crippen LogP contribution in [0.5, 0.6) is 0 Å². The van der Waals surface area contributed by atoms with E-state index in [0.717, 1.165) is 11.3 Å². The van der Waals surface area contributed by atoms with E-state index in [-0.39, 0.29) is 5.82 Å². The summed E-state index contributed by atoms with van der Waals surface area (Å²) in [6.07, 6.45) is 3.13. The van der Waals surface area contributed by atoms with E-state index >= 15 is 0 Å². The number of pyridine rings is 1. The van der Waals surface area contributed by atoms with Gasteiger partial charge in [-0.05, 0) is 28.9 Å². The summed E-state index contributed by atoms with van der Waals surface area (Å²) in [6, 6.07) is 1.66. The average Bonchev–Trinajstić information content (AvgIpc) is 2.35. The van der Waals surface area contributed by atoms with Gasteiger partial charge in [-0.15, -0.1) is 0 Å². The number of nitrogens with zero attached hydrogens (tertiary/aromatic N) is 2. The molecule has 0 atom stereocenters. The molecule has 4 heteroatoms. The predicted molar refractivity (Wildman–Crippen MR) is 47.6 cm³/mol. The minimum absolute atomic E-state index is 0.274. The highest BCUT2D eigenvalue weighted by molar-refractivity contribution is 9.10. The molecule has 0 spiro atoms. The second kappa shape index (κ2) is 2.55. The number of halogens is 2. The maximum atomic E-state index is 13.0. The highest BCUT2D eigenvalue weighted by Crippen LogP contribution is 2.17. The lowest BCUT2D eigenvalue weighted by Crippen LogP contribution is -1.89. The molecule has 2 aromatic heterocycles. The summed E-state index contributed by atoms with van der Waals surface area (Å²) in [5.74, 6) is -0.274. The molecule has 0 bridgehead atoms. The fourth-order valence-electron chi connectivity index (χ4n) is 1.10. The summed E-state index contributed by atoms with van der Waals surface area (Å²) < 4.78 is 15.2. The molecule has 0 unspecified atom stereocenters. The van der Waals surface area contributed by atoms with E-state index in [2.05, 4.69) is 20.9 Å². The van der Waals surface area contributed by atoms with Crippen molar-refractivity contribution in [2.75, 3.05) is 0 Å². The largest absolute Gasteiger partial charge is 0.301 e. The lowest BCUT2D eigenvalue weighted by atomic mass is 10.4. The van der Waals surface area contributed by atoms with Crippen LogP contribution in [0.1, 0.15) is 5.69 Å². The lowest BCUT2D eigenvalue weighted by Gasteiger charge is -1.97. The van der Waals surface area contributed by atoms with Gasteiger partial charge in [0.15, 0.2) is 5.82 Å². The summed E-state index contributed by atoms with van der Waals surface area (Å²) in [5, 5.41) is 0. The molecule has 0 fully saturated rings. The molecule has 0 saturated heterocycles. The summed E-state index contributed by atoms with van der Waals surface area (Å²) in [5.41, 5.74) is 1.68. The Labute approximate surface area is 77.2 Å². The van der Waals surface area contributed by atoms with Gasteiger partial charge < -0.3 is 4.40 Å². The average molecular weight is 229 g/mol. The van der Waals surface area contributed by atoms with Gasteiger partial charge in [0.1, 0.15) is 5.65 Å². The van der Waals surface area contributed by atoms with Crippen LogP contribution in [0.25, 0.3) is 5.65 Å². The van der Waals surface area contributed by atoms with Crippen LogP contribution in [-0.2, 0) is 0 Å². The molecule has 0 aliphatic carbocycles. The summed E-state index contributed by atoms with van der Waals surface area (Å²) in [6.45, 7) is 1.88. The molecular formula is C8H6BrFN2. The number of fused-ring (bicyclic) bond motifs is 1. The molecule has 2 aromatic rings. The molecule has 0 amide bonds. The van der Waals surface area contributed by atoms with Crippen LogP contribution in [0.3, 0.4) is 0 Å². The van der Waals surface area contributed by atoms with Crippen LogP contribution in [0.15, 0.2) is 22.9 Å². The number of rotatable bonds is 0. The van der Waals surface area contributed by atoms with Gasteiger partial charge in [0.05, 0.1) is 4.47 Å². The third-order valence-electron chi connectivity index (χ3n) is 1.74. The van der Waals surface area contributed by atoms with E-state index in [0.29, 0.717) is 4.47 Å². The monoisotopic (exact) mass is 228 g/mol. The van der Waals surface area contributed by atoms with Crippen LogP contribution in [-0.4, -0.2) is 9.38 Å². The number of aryl methyl sites for hydroxylation is 1. The Morgan fingerprint density at radius 3 is 3.08 bits per heavy atom. The molecule has 2 heterocycles. The zero-order valence-corrected chi connectivity index (χ0v) is 7.97. The lowest BCUT2D eigenvalue weighted by molar-refractivity contribution is 0.611. The molecule has 0 aliphatic rings. The second-order valence-electron chi connectivity index (χ2n) is 2.60. The second-order valence-corrected chi connectivity index (χ2v) is 3.45. The fourth-order valence-corrected chi connectivity index (χ4v) is 1.40. The van der Waals surface area contributed by atoms with Crippen LogP contribution >= 0.6 is 15.9 Å². The maximum Gasteiger partial charge on any atom is 0.154 e. The molecule has 2 rings (SSSR count). The van der Waals surface area contributed by atoms with Crippen molar-refractivity contribution in [2.24, 2.45) is 0 Å². The Bertz CT molecular complexity index is 436.